The van der Waals surface area contributed by atoms with Crippen LogP contribution in [0, 0.1) is 0 Å². The molecule has 0 atom stereocenters. The lowest BCUT2D eigenvalue weighted by Gasteiger charge is -2.05. The second-order valence-corrected chi connectivity index (χ2v) is 3.90. The summed E-state index contributed by atoms with van der Waals surface area (Å²) in [4.78, 5) is 23.1. The summed E-state index contributed by atoms with van der Waals surface area (Å²) in [6.07, 6.45) is 6.27. The van der Waals surface area contributed by atoms with Gasteiger partial charge in [-0.05, 0) is 24.6 Å². The highest BCUT2D eigenvalue weighted by Crippen LogP contribution is 2.13. The molecule has 1 aliphatic carbocycles. The van der Waals surface area contributed by atoms with Crippen molar-refractivity contribution < 1.29 is 9.59 Å². The topological polar surface area (TPSA) is 34.1 Å². The number of allylic oxidation sites excluding steroid dienone is 5. The number of carbonyl (C=O) groups excluding carboxylic acids is 2. The molecule has 0 saturated heterocycles. The fraction of sp³-hybridized carbons (Fsp3) is 0.0667. The first-order valence-electron chi connectivity index (χ1n) is 5.38. The zero-order chi connectivity index (χ0) is 12.3. The molecule has 0 bridgehead atoms. The lowest BCUT2D eigenvalue weighted by atomic mass is 9.97. The van der Waals surface area contributed by atoms with Gasteiger partial charge in [-0.2, -0.15) is 0 Å². The van der Waals surface area contributed by atoms with E-state index in [-0.39, 0.29) is 11.6 Å². The van der Waals surface area contributed by atoms with Gasteiger partial charge in [0.25, 0.3) is 0 Å². The zero-order valence-corrected chi connectivity index (χ0v) is 9.51. The van der Waals surface area contributed by atoms with Gasteiger partial charge in [0, 0.05) is 11.1 Å². The van der Waals surface area contributed by atoms with E-state index in [1.54, 1.807) is 13.0 Å². The molecule has 0 spiro atoms. The van der Waals surface area contributed by atoms with Crippen LogP contribution < -0.4 is 0 Å². The van der Waals surface area contributed by atoms with Gasteiger partial charge in [0.05, 0.1) is 0 Å². The van der Waals surface area contributed by atoms with E-state index in [2.05, 4.69) is 0 Å². The van der Waals surface area contributed by atoms with Crippen molar-refractivity contribution in [2.45, 2.75) is 6.92 Å². The minimum absolute atomic E-state index is 0.0997. The number of rotatable bonds is 2. The van der Waals surface area contributed by atoms with Gasteiger partial charge in [-0.15, -0.1) is 0 Å². The summed E-state index contributed by atoms with van der Waals surface area (Å²) in [6, 6.07) is 9.65. The predicted molar refractivity (Wildman–Crippen MR) is 67.3 cm³/mol. The van der Waals surface area contributed by atoms with Crippen LogP contribution in [-0.4, -0.2) is 11.6 Å². The van der Waals surface area contributed by atoms with Crippen LogP contribution in [-0.2, 0) is 9.59 Å². The van der Waals surface area contributed by atoms with Crippen LogP contribution in [0.25, 0.3) is 6.08 Å². The van der Waals surface area contributed by atoms with Crippen LogP contribution in [0.5, 0.6) is 0 Å². The van der Waals surface area contributed by atoms with E-state index in [0.29, 0.717) is 11.1 Å². The largest absolute Gasteiger partial charge is 0.290 e. The first-order chi connectivity index (χ1) is 8.16. The molecule has 0 heterocycles. The zero-order valence-electron chi connectivity index (χ0n) is 9.51. The molecule has 1 aliphatic rings. The van der Waals surface area contributed by atoms with Crippen LogP contribution in [0.3, 0.4) is 0 Å². The Hall–Kier alpha value is -2.22. The summed E-state index contributed by atoms with van der Waals surface area (Å²) in [5.41, 5.74) is 1.93. The quantitative estimate of drug-likeness (QED) is 0.724. The normalized spacial score (nSPS) is 16.1. The van der Waals surface area contributed by atoms with Crippen LogP contribution in [0.2, 0.25) is 0 Å². The predicted octanol–water partition coefficient (Wildman–Crippen LogP) is 2.72. The Morgan fingerprint density at radius 2 is 1.59 bits per heavy atom. The van der Waals surface area contributed by atoms with E-state index in [4.69, 9.17) is 0 Å². The molecule has 84 valence electrons. The Morgan fingerprint density at radius 3 is 2.29 bits per heavy atom. The van der Waals surface area contributed by atoms with E-state index in [9.17, 15) is 9.59 Å². The summed E-state index contributed by atoms with van der Waals surface area (Å²) in [6.45, 7) is 1.65. The molecule has 0 aliphatic heterocycles. The standard InChI is InChI=1S/C15H12O2/c1-11-9-15(17)13(10-14(11)16)8-7-12-5-3-2-4-6-12/h2-10H,1H3/b8-7+. The Morgan fingerprint density at radius 1 is 0.882 bits per heavy atom. The summed E-state index contributed by atoms with van der Waals surface area (Å²) < 4.78 is 0. The average molecular weight is 224 g/mol. The smallest absolute Gasteiger partial charge is 0.186 e. The van der Waals surface area contributed by atoms with Gasteiger partial charge in [0.1, 0.15) is 0 Å². The average Bonchev–Trinajstić information content (AvgIpc) is 2.33. The van der Waals surface area contributed by atoms with Gasteiger partial charge >= 0.3 is 0 Å². The van der Waals surface area contributed by atoms with E-state index in [0.717, 1.165) is 5.56 Å². The maximum Gasteiger partial charge on any atom is 0.186 e. The van der Waals surface area contributed by atoms with Crippen molar-refractivity contribution in [3.63, 3.8) is 0 Å². The van der Waals surface area contributed by atoms with Gasteiger partial charge in [-0.3, -0.25) is 9.59 Å². The number of hydrogen-bond acceptors (Lipinski definition) is 2. The molecule has 2 rings (SSSR count). The Labute approximate surface area is 100.0 Å². The molecule has 0 amide bonds. The maximum atomic E-state index is 11.6. The van der Waals surface area contributed by atoms with E-state index >= 15 is 0 Å². The second kappa shape index (κ2) is 4.74. The third-order valence-corrected chi connectivity index (χ3v) is 2.56. The number of benzene rings is 1. The minimum atomic E-state index is -0.116. The van der Waals surface area contributed by atoms with Crippen molar-refractivity contribution in [2.75, 3.05) is 0 Å². The summed E-state index contributed by atoms with van der Waals surface area (Å²) in [5.74, 6) is -0.216. The highest BCUT2D eigenvalue weighted by molar-refractivity contribution is 6.21. The summed E-state index contributed by atoms with van der Waals surface area (Å²) in [5, 5.41) is 0. The summed E-state index contributed by atoms with van der Waals surface area (Å²) >= 11 is 0. The van der Waals surface area contributed by atoms with Crippen molar-refractivity contribution in [1.82, 2.24) is 0 Å². The van der Waals surface area contributed by atoms with E-state index < -0.39 is 0 Å². The monoisotopic (exact) mass is 224 g/mol. The van der Waals surface area contributed by atoms with Gasteiger partial charge in [-0.1, -0.05) is 42.5 Å². The molecular formula is C15H12O2. The van der Waals surface area contributed by atoms with Gasteiger partial charge in [0.2, 0.25) is 0 Å². The van der Waals surface area contributed by atoms with Gasteiger partial charge in [-0.25, -0.2) is 0 Å². The Balaban J connectivity index is 2.21. The van der Waals surface area contributed by atoms with Gasteiger partial charge < -0.3 is 0 Å². The van der Waals surface area contributed by atoms with Crippen LogP contribution in [0.1, 0.15) is 12.5 Å². The van der Waals surface area contributed by atoms with E-state index in [1.165, 1.54) is 12.2 Å². The SMILES string of the molecule is CC1=CC(=O)C(/C=C/c2ccccc2)=CC1=O. The first kappa shape index (κ1) is 11.3. The third-order valence-electron chi connectivity index (χ3n) is 2.56. The number of carbonyl (C=O) groups is 2. The lowest BCUT2D eigenvalue weighted by molar-refractivity contribution is -0.114. The molecule has 0 aromatic heterocycles. The third kappa shape index (κ3) is 2.67. The van der Waals surface area contributed by atoms with Crippen molar-refractivity contribution in [1.29, 1.82) is 0 Å². The molecule has 17 heavy (non-hydrogen) atoms. The molecule has 2 nitrogen and oxygen atoms in total. The fourth-order valence-electron chi connectivity index (χ4n) is 1.56. The van der Waals surface area contributed by atoms with Crippen molar-refractivity contribution in [3.8, 4) is 0 Å². The van der Waals surface area contributed by atoms with Crippen LogP contribution in [0.15, 0.2) is 59.7 Å². The van der Waals surface area contributed by atoms with Crippen LogP contribution in [0.4, 0.5) is 0 Å². The van der Waals surface area contributed by atoms with Gasteiger partial charge in [0.15, 0.2) is 11.6 Å². The number of ketones is 2. The molecule has 0 saturated carbocycles. The minimum Gasteiger partial charge on any atom is -0.290 e. The Bertz CT molecular complexity index is 546. The van der Waals surface area contributed by atoms with Crippen molar-refractivity contribution >= 4 is 17.6 Å². The van der Waals surface area contributed by atoms with Crippen molar-refractivity contribution in [2.24, 2.45) is 0 Å². The maximum absolute atomic E-state index is 11.6. The highest BCUT2D eigenvalue weighted by Gasteiger charge is 2.14. The Kier molecular flexibility index (Phi) is 3.15. The molecule has 1 aromatic carbocycles. The molecule has 1 aromatic rings. The van der Waals surface area contributed by atoms with Crippen molar-refractivity contribution in [3.05, 3.63) is 65.3 Å². The van der Waals surface area contributed by atoms with Crippen LogP contribution >= 0.6 is 0 Å². The molecule has 0 N–H and O–H groups in total. The highest BCUT2D eigenvalue weighted by atomic mass is 16.1. The molecule has 0 unspecified atom stereocenters. The lowest BCUT2D eigenvalue weighted by Crippen LogP contribution is -2.09. The molecule has 0 radical (unpaired) electrons. The molecule has 0 fully saturated rings. The summed E-state index contributed by atoms with van der Waals surface area (Å²) in [7, 11) is 0. The number of hydrogen-bond donors (Lipinski definition) is 0. The first-order valence-corrected chi connectivity index (χ1v) is 5.38. The molecular weight excluding hydrogens is 212 g/mol. The fourth-order valence-corrected chi connectivity index (χ4v) is 1.56. The molecule has 2 heteroatoms. The van der Waals surface area contributed by atoms with E-state index in [1.807, 2.05) is 36.4 Å². The second-order valence-electron chi connectivity index (χ2n) is 3.90.